The molecule has 10 heteroatoms. The van der Waals surface area contributed by atoms with Gasteiger partial charge in [0.1, 0.15) is 23.3 Å². The molecule has 1 saturated heterocycles. The molecule has 2 fully saturated rings. The van der Waals surface area contributed by atoms with Crippen LogP contribution in [0.25, 0.3) is 10.4 Å². The third-order valence-electron chi connectivity index (χ3n) is 7.80. The number of aliphatic hydroxyl groups excluding tert-OH is 1. The zero-order valence-corrected chi connectivity index (χ0v) is 24.6. The first kappa shape index (κ1) is 29.9. The van der Waals surface area contributed by atoms with Crippen LogP contribution in [0.1, 0.15) is 70.6 Å². The highest BCUT2D eigenvalue weighted by molar-refractivity contribution is 7.13. The summed E-state index contributed by atoms with van der Waals surface area (Å²) in [5.74, 6) is -1.14. The van der Waals surface area contributed by atoms with Crippen molar-refractivity contribution in [3.63, 3.8) is 0 Å². The number of carbonyl (C=O) groups is 4. The van der Waals surface area contributed by atoms with Gasteiger partial charge in [-0.15, -0.1) is 11.3 Å². The fourth-order valence-corrected chi connectivity index (χ4v) is 6.19. The van der Waals surface area contributed by atoms with Crippen LogP contribution in [0.4, 0.5) is 0 Å². The van der Waals surface area contributed by atoms with E-state index < -0.39 is 35.4 Å². The molecule has 9 nitrogen and oxygen atoms in total. The van der Waals surface area contributed by atoms with Crippen LogP contribution in [0.5, 0.6) is 0 Å². The minimum atomic E-state index is -1.03. The summed E-state index contributed by atoms with van der Waals surface area (Å²) in [4.78, 5) is 59.5. The predicted molar refractivity (Wildman–Crippen MR) is 153 cm³/mol. The number of hydrogen-bond acceptors (Lipinski definition) is 7. The molecule has 40 heavy (non-hydrogen) atoms. The van der Waals surface area contributed by atoms with E-state index in [-0.39, 0.29) is 37.1 Å². The van der Waals surface area contributed by atoms with E-state index in [4.69, 9.17) is 0 Å². The van der Waals surface area contributed by atoms with Crippen molar-refractivity contribution in [1.29, 1.82) is 0 Å². The van der Waals surface area contributed by atoms with Gasteiger partial charge in [-0.1, -0.05) is 45.0 Å². The van der Waals surface area contributed by atoms with Crippen molar-refractivity contribution in [3.8, 4) is 10.4 Å². The second kappa shape index (κ2) is 12.6. The number of thiazole rings is 1. The van der Waals surface area contributed by atoms with Crippen LogP contribution in [0.3, 0.4) is 0 Å². The zero-order chi connectivity index (χ0) is 29.0. The Bertz CT molecular complexity index is 1240. The maximum absolute atomic E-state index is 13.7. The monoisotopic (exact) mass is 568 g/mol. The second-order valence-electron chi connectivity index (χ2n) is 11.5. The number of carbonyl (C=O) groups excluding carboxylic acids is 4. The van der Waals surface area contributed by atoms with Crippen LogP contribution in [0, 0.1) is 18.3 Å². The topological polar surface area (TPSA) is 129 Å². The number of aliphatic hydroxyl groups is 1. The molecule has 216 valence electrons. The molecular weight excluding hydrogens is 528 g/mol. The summed E-state index contributed by atoms with van der Waals surface area (Å²) in [6.07, 6.45) is 1.66. The molecule has 3 amide bonds. The molecule has 1 aromatic heterocycles. The fraction of sp³-hybridized carbons (Fsp3) is 0.567. The first-order valence-corrected chi connectivity index (χ1v) is 15.0. The lowest BCUT2D eigenvalue weighted by atomic mass is 9.94. The molecule has 1 aliphatic carbocycles. The Morgan fingerprint density at radius 3 is 2.45 bits per heavy atom. The molecule has 4 rings (SSSR count). The molecule has 1 saturated carbocycles. The lowest BCUT2D eigenvalue weighted by Crippen LogP contribution is -2.55. The number of amides is 3. The number of benzene rings is 1. The molecule has 0 bridgehead atoms. The Labute approximate surface area is 239 Å². The van der Waals surface area contributed by atoms with Gasteiger partial charge in [0.05, 0.1) is 22.2 Å². The molecule has 1 aliphatic heterocycles. The molecular formula is C30H40N4O5S. The van der Waals surface area contributed by atoms with Crippen LogP contribution < -0.4 is 10.6 Å². The quantitative estimate of drug-likeness (QED) is 0.337. The Hall–Kier alpha value is -3.11. The standard InChI is InChI=1S/C30H40N4O5S/c1-5-6-25(36)30(11-12-30)29(39)33-23(13-18(2)3)28(38)34-16-22(35)14-24(34)27(37)31-15-20-7-9-21(10-8-20)26-19(4)32-17-40-26/h7-10,17-18,22-24,35H,5-6,11-16H2,1-4H3,(H,31,37)(H,33,39). The lowest BCUT2D eigenvalue weighted by molar-refractivity contribution is -0.144. The minimum absolute atomic E-state index is 0.0180. The van der Waals surface area contributed by atoms with Gasteiger partial charge in [-0.25, -0.2) is 4.98 Å². The molecule has 3 N–H and O–H groups in total. The van der Waals surface area contributed by atoms with E-state index in [0.29, 0.717) is 32.1 Å². The third-order valence-corrected chi connectivity index (χ3v) is 8.78. The number of ketones is 1. The largest absolute Gasteiger partial charge is 0.391 e. The molecule has 2 heterocycles. The van der Waals surface area contributed by atoms with Gasteiger partial charge in [0.25, 0.3) is 0 Å². The number of Topliss-reactive ketones (excluding diaryl/α,β-unsaturated/α-hetero) is 1. The molecule has 0 radical (unpaired) electrons. The average molecular weight is 569 g/mol. The van der Waals surface area contributed by atoms with Gasteiger partial charge in [0.15, 0.2) is 0 Å². The predicted octanol–water partition coefficient (Wildman–Crippen LogP) is 3.38. The van der Waals surface area contributed by atoms with Gasteiger partial charge < -0.3 is 20.6 Å². The molecule has 0 spiro atoms. The van der Waals surface area contributed by atoms with Gasteiger partial charge in [-0.05, 0) is 49.7 Å². The smallest absolute Gasteiger partial charge is 0.245 e. The number of nitrogens with zero attached hydrogens (tertiary/aromatic N) is 2. The van der Waals surface area contributed by atoms with Gasteiger partial charge in [0.2, 0.25) is 17.7 Å². The van der Waals surface area contributed by atoms with Crippen molar-refractivity contribution < 1.29 is 24.3 Å². The van der Waals surface area contributed by atoms with E-state index in [0.717, 1.165) is 21.7 Å². The number of hydrogen-bond donors (Lipinski definition) is 3. The van der Waals surface area contributed by atoms with E-state index in [1.54, 1.807) is 11.3 Å². The van der Waals surface area contributed by atoms with E-state index in [1.165, 1.54) is 4.90 Å². The van der Waals surface area contributed by atoms with Crippen LogP contribution >= 0.6 is 11.3 Å². The minimum Gasteiger partial charge on any atom is -0.391 e. The molecule has 2 aromatic rings. The summed E-state index contributed by atoms with van der Waals surface area (Å²) >= 11 is 1.58. The lowest BCUT2D eigenvalue weighted by Gasteiger charge is -2.30. The van der Waals surface area contributed by atoms with Gasteiger partial charge in [-0.2, -0.15) is 0 Å². The zero-order valence-electron chi connectivity index (χ0n) is 23.7. The van der Waals surface area contributed by atoms with Crippen molar-refractivity contribution in [2.45, 2.75) is 91.0 Å². The summed E-state index contributed by atoms with van der Waals surface area (Å²) in [5, 5.41) is 16.2. The van der Waals surface area contributed by atoms with Crippen molar-refractivity contribution in [2.75, 3.05) is 6.54 Å². The Kier molecular flexibility index (Phi) is 9.41. The van der Waals surface area contributed by atoms with E-state index in [2.05, 4.69) is 15.6 Å². The number of nitrogens with one attached hydrogen (secondary N) is 2. The normalized spacial score (nSPS) is 20.3. The number of likely N-dealkylation sites (tertiary alicyclic amines) is 1. The summed E-state index contributed by atoms with van der Waals surface area (Å²) in [5.41, 5.74) is 3.73. The SMILES string of the molecule is CCCC(=O)C1(C(=O)NC(CC(C)C)C(=O)N2CC(O)CC2C(=O)NCc2ccc(-c3scnc3C)cc2)CC1. The Morgan fingerprint density at radius 1 is 1.18 bits per heavy atom. The number of aryl methyl sites for hydroxylation is 1. The summed E-state index contributed by atoms with van der Waals surface area (Å²) < 4.78 is 0. The maximum atomic E-state index is 13.7. The van der Waals surface area contributed by atoms with Gasteiger partial charge >= 0.3 is 0 Å². The van der Waals surface area contributed by atoms with E-state index >= 15 is 0 Å². The van der Waals surface area contributed by atoms with Crippen LogP contribution in [-0.2, 0) is 25.7 Å². The summed E-state index contributed by atoms with van der Waals surface area (Å²) in [6.45, 7) is 8.07. The highest BCUT2D eigenvalue weighted by atomic mass is 32.1. The molecule has 2 aliphatic rings. The van der Waals surface area contributed by atoms with Gasteiger partial charge in [-0.3, -0.25) is 19.2 Å². The van der Waals surface area contributed by atoms with Crippen molar-refractivity contribution in [2.24, 2.45) is 11.3 Å². The van der Waals surface area contributed by atoms with Crippen molar-refractivity contribution >= 4 is 34.8 Å². The van der Waals surface area contributed by atoms with E-state index in [1.807, 2.05) is 57.5 Å². The Morgan fingerprint density at radius 2 is 1.88 bits per heavy atom. The average Bonchev–Trinajstić information content (AvgIpc) is 3.49. The van der Waals surface area contributed by atoms with Crippen LogP contribution in [0.15, 0.2) is 29.8 Å². The number of aromatic nitrogens is 1. The van der Waals surface area contributed by atoms with E-state index in [9.17, 15) is 24.3 Å². The maximum Gasteiger partial charge on any atom is 0.245 e. The highest BCUT2D eigenvalue weighted by Gasteiger charge is 2.56. The first-order valence-electron chi connectivity index (χ1n) is 14.2. The van der Waals surface area contributed by atoms with Crippen molar-refractivity contribution in [1.82, 2.24) is 20.5 Å². The molecule has 1 aromatic carbocycles. The summed E-state index contributed by atoms with van der Waals surface area (Å²) in [6, 6.07) is 6.17. The van der Waals surface area contributed by atoms with Crippen LogP contribution in [-0.4, -0.2) is 63.2 Å². The first-order chi connectivity index (χ1) is 19.1. The molecule has 3 atom stereocenters. The number of β-amino-alcohol motifs (C(OH)–C–C–N with tert-alkyl or cyclic N) is 1. The fourth-order valence-electron chi connectivity index (χ4n) is 5.38. The van der Waals surface area contributed by atoms with Crippen LogP contribution in [0.2, 0.25) is 0 Å². The summed E-state index contributed by atoms with van der Waals surface area (Å²) in [7, 11) is 0. The number of rotatable bonds is 12. The van der Waals surface area contributed by atoms with Crippen molar-refractivity contribution in [3.05, 3.63) is 41.0 Å². The Balaban J connectivity index is 1.41. The second-order valence-corrected chi connectivity index (χ2v) is 12.3. The third kappa shape index (κ3) is 6.61. The van der Waals surface area contributed by atoms with Gasteiger partial charge in [0, 0.05) is 25.9 Å². The molecule has 3 unspecified atom stereocenters. The highest BCUT2D eigenvalue weighted by Crippen LogP contribution is 2.48.